The van der Waals surface area contributed by atoms with E-state index in [1.807, 2.05) is 31.2 Å². The van der Waals surface area contributed by atoms with E-state index in [1.165, 1.54) is 11.1 Å². The van der Waals surface area contributed by atoms with E-state index in [4.69, 9.17) is 9.47 Å². The molecular weight excluding hydrogens is 290 g/mol. The van der Waals surface area contributed by atoms with Gasteiger partial charge in [-0.1, -0.05) is 19.1 Å². The van der Waals surface area contributed by atoms with Crippen LogP contribution in [0, 0.1) is 0 Å². The third-order valence-corrected chi connectivity index (χ3v) is 4.21. The van der Waals surface area contributed by atoms with Gasteiger partial charge in [0.1, 0.15) is 0 Å². The number of hydrogen-bond donors (Lipinski definition) is 1. The molecule has 23 heavy (non-hydrogen) atoms. The number of aromatic nitrogens is 1. The largest absolute Gasteiger partial charge is 0.454 e. The first-order valence-corrected chi connectivity index (χ1v) is 7.76. The molecule has 0 aliphatic carbocycles. The topological polar surface area (TPSA) is 51.3 Å². The van der Waals surface area contributed by atoms with E-state index in [-0.39, 0.29) is 5.56 Å². The van der Waals surface area contributed by atoms with E-state index < -0.39 is 0 Å². The van der Waals surface area contributed by atoms with Gasteiger partial charge in [0.15, 0.2) is 11.5 Å². The predicted octanol–water partition coefficient (Wildman–Crippen LogP) is 3.41. The fourth-order valence-electron chi connectivity index (χ4n) is 2.96. The molecule has 0 unspecified atom stereocenters. The fraction of sp³-hybridized carbons (Fsp3) is 0.211. The summed E-state index contributed by atoms with van der Waals surface area (Å²) in [5.74, 6) is 1.61. The van der Waals surface area contributed by atoms with Crippen LogP contribution in [0.1, 0.15) is 23.6 Å². The molecule has 0 radical (unpaired) electrons. The SMILES string of the molecule is CCc1cc2cc(Cc3ccc4c(c3)OCO4)ccc2[nH]c1=O. The minimum atomic E-state index is 0.00326. The monoisotopic (exact) mass is 307 g/mol. The van der Waals surface area contributed by atoms with Crippen molar-refractivity contribution < 1.29 is 9.47 Å². The summed E-state index contributed by atoms with van der Waals surface area (Å²) in [6, 6.07) is 14.2. The normalized spacial score (nSPS) is 12.7. The molecular formula is C19H17NO3. The Labute approximate surface area is 133 Å². The van der Waals surface area contributed by atoms with Crippen molar-refractivity contribution in [3.05, 3.63) is 69.5 Å². The second kappa shape index (κ2) is 5.47. The van der Waals surface area contributed by atoms with Crippen LogP contribution in [0.2, 0.25) is 0 Å². The zero-order valence-corrected chi connectivity index (χ0v) is 12.9. The molecule has 0 atom stereocenters. The number of benzene rings is 2. The van der Waals surface area contributed by atoms with Crippen molar-refractivity contribution in [2.24, 2.45) is 0 Å². The number of aromatic amines is 1. The van der Waals surface area contributed by atoms with E-state index in [0.717, 1.165) is 40.8 Å². The third-order valence-electron chi connectivity index (χ3n) is 4.21. The Hall–Kier alpha value is -2.75. The van der Waals surface area contributed by atoms with Gasteiger partial charge in [-0.3, -0.25) is 4.79 Å². The molecule has 1 aliphatic heterocycles. The highest BCUT2D eigenvalue weighted by Gasteiger charge is 2.13. The highest BCUT2D eigenvalue weighted by molar-refractivity contribution is 5.79. The van der Waals surface area contributed by atoms with Crippen LogP contribution in [0.3, 0.4) is 0 Å². The second-order valence-electron chi connectivity index (χ2n) is 5.76. The zero-order chi connectivity index (χ0) is 15.8. The van der Waals surface area contributed by atoms with Crippen LogP contribution in [0.5, 0.6) is 11.5 Å². The van der Waals surface area contributed by atoms with Crippen LogP contribution in [-0.4, -0.2) is 11.8 Å². The molecule has 0 spiro atoms. The van der Waals surface area contributed by atoms with Gasteiger partial charge >= 0.3 is 0 Å². The van der Waals surface area contributed by atoms with Gasteiger partial charge in [-0.2, -0.15) is 0 Å². The van der Waals surface area contributed by atoms with Gasteiger partial charge in [0.05, 0.1) is 0 Å². The Balaban J connectivity index is 1.69. The minimum absolute atomic E-state index is 0.00326. The summed E-state index contributed by atoms with van der Waals surface area (Å²) >= 11 is 0. The molecule has 2 aromatic carbocycles. The smallest absolute Gasteiger partial charge is 0.251 e. The van der Waals surface area contributed by atoms with E-state index in [1.54, 1.807) is 0 Å². The lowest BCUT2D eigenvalue weighted by Gasteiger charge is -2.06. The zero-order valence-electron chi connectivity index (χ0n) is 12.9. The highest BCUT2D eigenvalue weighted by Crippen LogP contribution is 2.33. The van der Waals surface area contributed by atoms with Gasteiger partial charge in [-0.15, -0.1) is 0 Å². The van der Waals surface area contributed by atoms with Crippen molar-refractivity contribution in [3.63, 3.8) is 0 Å². The molecule has 2 heterocycles. The Kier molecular flexibility index (Phi) is 3.30. The molecule has 4 heteroatoms. The fourth-order valence-corrected chi connectivity index (χ4v) is 2.96. The molecule has 0 bridgehead atoms. The summed E-state index contributed by atoms with van der Waals surface area (Å²) in [6.07, 6.45) is 1.55. The summed E-state index contributed by atoms with van der Waals surface area (Å²) in [5.41, 5.74) is 4.07. The summed E-state index contributed by atoms with van der Waals surface area (Å²) in [7, 11) is 0. The van der Waals surface area contributed by atoms with E-state index >= 15 is 0 Å². The number of aryl methyl sites for hydroxylation is 1. The molecule has 0 fully saturated rings. The first kappa shape index (κ1) is 13.9. The highest BCUT2D eigenvalue weighted by atomic mass is 16.7. The maximum absolute atomic E-state index is 11.9. The van der Waals surface area contributed by atoms with Gasteiger partial charge in [-0.05, 0) is 59.7 Å². The molecule has 116 valence electrons. The predicted molar refractivity (Wildman–Crippen MR) is 89.3 cm³/mol. The molecule has 1 aromatic heterocycles. The molecule has 1 N–H and O–H groups in total. The maximum Gasteiger partial charge on any atom is 0.251 e. The Morgan fingerprint density at radius 3 is 2.65 bits per heavy atom. The maximum atomic E-state index is 11.9. The van der Waals surface area contributed by atoms with Crippen LogP contribution in [0.25, 0.3) is 10.9 Å². The molecule has 0 amide bonds. The number of hydrogen-bond acceptors (Lipinski definition) is 3. The molecule has 4 rings (SSSR count). The van der Waals surface area contributed by atoms with Gasteiger partial charge < -0.3 is 14.5 Å². The summed E-state index contributed by atoms with van der Waals surface area (Å²) in [5, 5.41) is 1.07. The number of fused-ring (bicyclic) bond motifs is 2. The van der Waals surface area contributed by atoms with Crippen LogP contribution in [0.4, 0.5) is 0 Å². The molecule has 3 aromatic rings. The van der Waals surface area contributed by atoms with Gasteiger partial charge in [0.2, 0.25) is 6.79 Å². The van der Waals surface area contributed by atoms with Gasteiger partial charge in [0.25, 0.3) is 5.56 Å². The number of nitrogens with one attached hydrogen (secondary N) is 1. The van der Waals surface area contributed by atoms with Crippen molar-refractivity contribution in [3.8, 4) is 11.5 Å². The van der Waals surface area contributed by atoms with Crippen molar-refractivity contribution in [2.45, 2.75) is 19.8 Å². The third kappa shape index (κ3) is 2.57. The van der Waals surface area contributed by atoms with Crippen molar-refractivity contribution in [1.29, 1.82) is 0 Å². The Bertz CT molecular complexity index is 943. The standard InChI is InChI=1S/C19H17NO3/c1-2-14-10-15-8-12(3-5-16(15)20-19(14)21)7-13-4-6-17-18(9-13)23-11-22-17/h3-6,8-10H,2,7,11H2,1H3,(H,20,21). The molecule has 1 aliphatic rings. The Morgan fingerprint density at radius 2 is 1.78 bits per heavy atom. The van der Waals surface area contributed by atoms with Gasteiger partial charge in [-0.25, -0.2) is 0 Å². The van der Waals surface area contributed by atoms with E-state index in [2.05, 4.69) is 23.2 Å². The summed E-state index contributed by atoms with van der Waals surface area (Å²) < 4.78 is 10.8. The quantitative estimate of drug-likeness (QED) is 0.806. The van der Waals surface area contributed by atoms with Crippen molar-refractivity contribution >= 4 is 10.9 Å². The van der Waals surface area contributed by atoms with Crippen molar-refractivity contribution in [2.75, 3.05) is 6.79 Å². The summed E-state index contributed by atoms with van der Waals surface area (Å²) in [4.78, 5) is 14.8. The molecule has 4 nitrogen and oxygen atoms in total. The van der Waals surface area contributed by atoms with Crippen LogP contribution in [0.15, 0.2) is 47.3 Å². The van der Waals surface area contributed by atoms with Crippen LogP contribution >= 0.6 is 0 Å². The lowest BCUT2D eigenvalue weighted by molar-refractivity contribution is 0.174. The van der Waals surface area contributed by atoms with Crippen LogP contribution < -0.4 is 15.0 Å². The van der Waals surface area contributed by atoms with E-state index in [0.29, 0.717) is 6.79 Å². The lowest BCUT2D eigenvalue weighted by Crippen LogP contribution is -2.11. The van der Waals surface area contributed by atoms with Gasteiger partial charge in [0, 0.05) is 11.1 Å². The first-order valence-electron chi connectivity index (χ1n) is 7.76. The minimum Gasteiger partial charge on any atom is -0.454 e. The lowest BCUT2D eigenvalue weighted by atomic mass is 10.0. The first-order chi connectivity index (χ1) is 11.2. The molecule has 0 saturated heterocycles. The van der Waals surface area contributed by atoms with Crippen LogP contribution in [-0.2, 0) is 12.8 Å². The second-order valence-corrected chi connectivity index (χ2v) is 5.76. The average molecular weight is 307 g/mol. The number of rotatable bonds is 3. The Morgan fingerprint density at radius 1 is 1.00 bits per heavy atom. The number of H-pyrrole nitrogens is 1. The van der Waals surface area contributed by atoms with E-state index in [9.17, 15) is 4.79 Å². The van der Waals surface area contributed by atoms with Crippen molar-refractivity contribution in [1.82, 2.24) is 4.98 Å². The average Bonchev–Trinajstić information content (AvgIpc) is 3.02. The molecule has 0 saturated carbocycles. The summed E-state index contributed by atoms with van der Waals surface area (Å²) in [6.45, 7) is 2.29. The number of pyridine rings is 1. The number of ether oxygens (including phenoxy) is 2.